The highest BCUT2D eigenvalue weighted by Gasteiger charge is 2.12. The van der Waals surface area contributed by atoms with Gasteiger partial charge in [0.1, 0.15) is 5.78 Å². The maximum Gasteiger partial charge on any atom is 0.306 e. The molecule has 0 bridgehead atoms. The van der Waals surface area contributed by atoms with Crippen LogP contribution in [0.3, 0.4) is 0 Å². The van der Waals surface area contributed by atoms with Crippen molar-refractivity contribution in [3.05, 3.63) is 0 Å². The lowest BCUT2D eigenvalue weighted by atomic mass is 10.0. The van der Waals surface area contributed by atoms with Gasteiger partial charge in [-0.15, -0.1) is 0 Å². The van der Waals surface area contributed by atoms with Gasteiger partial charge in [0, 0.05) is 12.8 Å². The molecule has 3 heteroatoms. The average molecular weight is 240 g/mol. The topological polar surface area (TPSA) is 43.4 Å². The van der Waals surface area contributed by atoms with E-state index in [4.69, 9.17) is 4.74 Å². The summed E-state index contributed by atoms with van der Waals surface area (Å²) in [6.45, 7) is 1.94. The second kappa shape index (κ2) is 8.26. The number of rotatable bonds is 0. The first-order valence-corrected chi connectivity index (χ1v) is 6.89. The first-order chi connectivity index (χ1) is 8.18. The summed E-state index contributed by atoms with van der Waals surface area (Å²) in [4.78, 5) is 22.9. The van der Waals surface area contributed by atoms with E-state index in [9.17, 15) is 9.59 Å². The van der Waals surface area contributed by atoms with Crippen LogP contribution in [0.5, 0.6) is 0 Å². The van der Waals surface area contributed by atoms with Crippen LogP contribution >= 0.6 is 0 Å². The fourth-order valence-corrected chi connectivity index (χ4v) is 2.17. The van der Waals surface area contributed by atoms with Crippen LogP contribution in [-0.2, 0) is 14.3 Å². The minimum atomic E-state index is -0.220. The lowest BCUT2D eigenvalue weighted by molar-refractivity contribution is -0.149. The van der Waals surface area contributed by atoms with Crippen molar-refractivity contribution in [2.75, 3.05) is 0 Å². The fraction of sp³-hybridized carbons (Fsp3) is 0.857. The molecule has 0 aromatic heterocycles. The summed E-state index contributed by atoms with van der Waals surface area (Å²) in [6.07, 6.45) is 9.09. The summed E-state index contributed by atoms with van der Waals surface area (Å²) in [7, 11) is 0. The van der Waals surface area contributed by atoms with Gasteiger partial charge in [0.15, 0.2) is 0 Å². The van der Waals surface area contributed by atoms with Crippen molar-refractivity contribution in [1.29, 1.82) is 0 Å². The van der Waals surface area contributed by atoms with Gasteiger partial charge >= 0.3 is 5.97 Å². The summed E-state index contributed by atoms with van der Waals surface area (Å²) < 4.78 is 5.25. The monoisotopic (exact) mass is 240 g/mol. The molecule has 1 saturated heterocycles. The van der Waals surface area contributed by atoms with Crippen LogP contribution in [0.2, 0.25) is 0 Å². The number of carbonyl (C=O) groups is 2. The Hall–Kier alpha value is -0.860. The Bertz CT molecular complexity index is 248. The van der Waals surface area contributed by atoms with E-state index in [1.165, 1.54) is 19.3 Å². The van der Waals surface area contributed by atoms with E-state index >= 15 is 0 Å². The van der Waals surface area contributed by atoms with E-state index in [2.05, 4.69) is 0 Å². The van der Waals surface area contributed by atoms with Crippen LogP contribution in [0.1, 0.15) is 71.1 Å². The summed E-state index contributed by atoms with van der Waals surface area (Å²) >= 11 is 0. The van der Waals surface area contributed by atoms with Gasteiger partial charge in [0.2, 0.25) is 0 Å². The molecule has 98 valence electrons. The van der Waals surface area contributed by atoms with Gasteiger partial charge in [0.05, 0.1) is 12.5 Å². The van der Waals surface area contributed by atoms with Crippen LogP contribution in [0.15, 0.2) is 0 Å². The molecule has 0 amide bonds. The number of cyclic esters (lactones) is 1. The molecule has 1 aliphatic heterocycles. The lowest BCUT2D eigenvalue weighted by Crippen LogP contribution is -2.16. The molecule has 0 spiro atoms. The Morgan fingerprint density at radius 2 is 1.53 bits per heavy atom. The first-order valence-electron chi connectivity index (χ1n) is 6.89. The molecule has 17 heavy (non-hydrogen) atoms. The molecule has 1 heterocycles. The minimum absolute atomic E-state index is 0.000502. The third-order valence-electron chi connectivity index (χ3n) is 3.26. The SMILES string of the molecule is CC1CCCCCCCCC(=O)CCC(=O)O1. The number of ketones is 1. The molecule has 0 aromatic rings. The van der Waals surface area contributed by atoms with E-state index in [1.807, 2.05) is 6.92 Å². The van der Waals surface area contributed by atoms with Gasteiger partial charge in [-0.3, -0.25) is 9.59 Å². The Balaban J connectivity index is 2.35. The predicted molar refractivity (Wildman–Crippen MR) is 66.7 cm³/mol. The van der Waals surface area contributed by atoms with Gasteiger partial charge in [-0.1, -0.05) is 25.7 Å². The van der Waals surface area contributed by atoms with Crippen LogP contribution < -0.4 is 0 Å². The zero-order valence-corrected chi connectivity index (χ0v) is 10.9. The van der Waals surface area contributed by atoms with Gasteiger partial charge < -0.3 is 4.74 Å². The first kappa shape index (κ1) is 14.2. The molecule has 0 aliphatic carbocycles. The summed E-state index contributed by atoms with van der Waals surface area (Å²) in [5.41, 5.74) is 0. The van der Waals surface area contributed by atoms with Gasteiger partial charge in [0.25, 0.3) is 0 Å². The van der Waals surface area contributed by atoms with Crippen molar-refractivity contribution in [1.82, 2.24) is 0 Å². The van der Waals surface area contributed by atoms with Crippen molar-refractivity contribution >= 4 is 11.8 Å². The smallest absolute Gasteiger partial charge is 0.306 e. The Morgan fingerprint density at radius 1 is 0.882 bits per heavy atom. The van der Waals surface area contributed by atoms with E-state index in [0.29, 0.717) is 12.8 Å². The van der Waals surface area contributed by atoms with Crippen molar-refractivity contribution in [3.8, 4) is 0 Å². The molecule has 0 radical (unpaired) electrons. The Kier molecular flexibility index (Phi) is 6.90. The van der Waals surface area contributed by atoms with E-state index in [-0.39, 0.29) is 24.3 Å². The summed E-state index contributed by atoms with van der Waals surface area (Å²) in [5, 5.41) is 0. The minimum Gasteiger partial charge on any atom is -0.463 e. The molecule has 0 aromatic carbocycles. The normalized spacial score (nSPS) is 26.1. The summed E-state index contributed by atoms with van der Waals surface area (Å²) in [5.74, 6) is -0.0189. The lowest BCUT2D eigenvalue weighted by Gasteiger charge is -2.13. The van der Waals surface area contributed by atoms with Crippen LogP contribution in [0.4, 0.5) is 0 Å². The zero-order chi connectivity index (χ0) is 12.5. The van der Waals surface area contributed by atoms with Crippen molar-refractivity contribution in [2.45, 2.75) is 77.2 Å². The van der Waals surface area contributed by atoms with E-state index in [0.717, 1.165) is 25.7 Å². The van der Waals surface area contributed by atoms with Crippen LogP contribution in [0, 0.1) is 0 Å². The highest BCUT2D eigenvalue weighted by atomic mass is 16.5. The molecule has 0 saturated carbocycles. The largest absolute Gasteiger partial charge is 0.463 e. The quantitative estimate of drug-likeness (QED) is 0.609. The second-order valence-corrected chi connectivity index (χ2v) is 5.00. The number of ether oxygens (including phenoxy) is 1. The maximum absolute atomic E-state index is 11.5. The molecule has 1 unspecified atom stereocenters. The number of carbonyl (C=O) groups excluding carboxylic acids is 2. The van der Waals surface area contributed by atoms with Gasteiger partial charge in [-0.25, -0.2) is 0 Å². The van der Waals surface area contributed by atoms with Crippen molar-refractivity contribution in [2.24, 2.45) is 0 Å². The molecular formula is C14H24O3. The molecule has 1 fully saturated rings. The molecule has 1 aliphatic rings. The molecule has 1 rings (SSSR count). The van der Waals surface area contributed by atoms with E-state index < -0.39 is 0 Å². The Morgan fingerprint density at radius 3 is 2.29 bits per heavy atom. The number of Topliss-reactive ketones (excluding diaryl/α,β-unsaturated/α-hetero) is 1. The van der Waals surface area contributed by atoms with Crippen molar-refractivity contribution < 1.29 is 14.3 Å². The van der Waals surface area contributed by atoms with Crippen LogP contribution in [-0.4, -0.2) is 17.9 Å². The zero-order valence-electron chi connectivity index (χ0n) is 10.9. The second-order valence-electron chi connectivity index (χ2n) is 5.00. The third kappa shape index (κ3) is 7.14. The Labute approximate surface area is 104 Å². The number of hydrogen-bond donors (Lipinski definition) is 0. The average Bonchev–Trinajstić information content (AvgIpc) is 2.29. The van der Waals surface area contributed by atoms with E-state index in [1.54, 1.807) is 0 Å². The standard InChI is InChI=1S/C14H24O3/c1-12-8-6-4-2-3-5-7-9-13(15)10-11-14(16)17-12/h12H,2-11H2,1H3. The number of esters is 1. The van der Waals surface area contributed by atoms with Crippen molar-refractivity contribution in [3.63, 3.8) is 0 Å². The highest BCUT2D eigenvalue weighted by Crippen LogP contribution is 2.13. The summed E-state index contributed by atoms with van der Waals surface area (Å²) in [6, 6.07) is 0. The molecular weight excluding hydrogens is 216 g/mol. The molecule has 3 nitrogen and oxygen atoms in total. The van der Waals surface area contributed by atoms with Gasteiger partial charge in [-0.2, -0.15) is 0 Å². The fourth-order valence-electron chi connectivity index (χ4n) is 2.17. The number of hydrogen-bond acceptors (Lipinski definition) is 3. The highest BCUT2D eigenvalue weighted by molar-refractivity contribution is 5.82. The molecule has 1 atom stereocenters. The maximum atomic E-state index is 11.5. The van der Waals surface area contributed by atoms with Gasteiger partial charge in [-0.05, 0) is 26.2 Å². The predicted octanol–water partition coefficient (Wildman–Crippen LogP) is 3.40. The van der Waals surface area contributed by atoms with Crippen LogP contribution in [0.25, 0.3) is 0 Å². The molecule has 0 N–H and O–H groups in total. The third-order valence-corrected chi connectivity index (χ3v) is 3.26.